The quantitative estimate of drug-likeness (QED) is 0.869. The van der Waals surface area contributed by atoms with E-state index in [0.717, 1.165) is 6.26 Å². The smallest absolute Gasteiger partial charge is 0.414 e. The van der Waals surface area contributed by atoms with Gasteiger partial charge in [0.15, 0.2) is 9.84 Å². The number of imide groups is 1. The molecule has 2 heterocycles. The number of aromatic nitrogens is 1. The zero-order valence-electron chi connectivity index (χ0n) is 14.1. The average molecular weight is 376 g/mol. The number of carbonyl (C=O) groups is 2. The van der Waals surface area contributed by atoms with Crippen molar-refractivity contribution in [1.29, 1.82) is 0 Å². The third kappa shape index (κ3) is 3.13. The first kappa shape index (κ1) is 17.9. The number of rotatable bonds is 3. The maximum atomic E-state index is 12.5. The summed E-state index contributed by atoms with van der Waals surface area (Å²) >= 11 is 0. The van der Waals surface area contributed by atoms with Crippen LogP contribution in [-0.2, 0) is 16.3 Å². The van der Waals surface area contributed by atoms with Gasteiger partial charge in [-0.2, -0.15) is 0 Å². The van der Waals surface area contributed by atoms with Gasteiger partial charge in [0.2, 0.25) is 0 Å². The van der Waals surface area contributed by atoms with Gasteiger partial charge in [-0.15, -0.1) is 0 Å². The first-order valence-electron chi connectivity index (χ1n) is 7.65. The van der Waals surface area contributed by atoms with Crippen molar-refractivity contribution in [2.24, 2.45) is 0 Å². The molecule has 1 aliphatic heterocycles. The number of methoxy groups -OCH3 is 1. The minimum absolute atomic E-state index is 0.0705. The number of nitrogens with zero attached hydrogens (tertiary/aromatic N) is 2. The van der Waals surface area contributed by atoms with Crippen molar-refractivity contribution in [3.63, 3.8) is 0 Å². The minimum atomic E-state index is -3.78. The summed E-state index contributed by atoms with van der Waals surface area (Å²) in [6, 6.07) is 8.24. The van der Waals surface area contributed by atoms with E-state index in [-0.39, 0.29) is 29.1 Å². The lowest BCUT2D eigenvalue weighted by atomic mass is 10.0. The molecular formula is C17H16N2O6S. The van der Waals surface area contributed by atoms with Gasteiger partial charge in [-0.1, -0.05) is 12.1 Å². The molecule has 1 aromatic carbocycles. The van der Waals surface area contributed by atoms with Crippen molar-refractivity contribution < 1.29 is 27.9 Å². The SMILES string of the molecule is COc1cccc(-c2cc(S(C)(=O)=O)c3c(n2)CCN(C(=O)O)C3=O)c1. The summed E-state index contributed by atoms with van der Waals surface area (Å²) in [7, 11) is -2.27. The highest BCUT2D eigenvalue weighted by atomic mass is 32.2. The molecule has 0 atom stereocenters. The fourth-order valence-corrected chi connectivity index (χ4v) is 3.74. The normalized spacial score (nSPS) is 14.1. The molecule has 136 valence electrons. The number of hydrogen-bond acceptors (Lipinski definition) is 6. The Bertz CT molecular complexity index is 1020. The van der Waals surface area contributed by atoms with Crippen molar-refractivity contribution in [3.8, 4) is 17.0 Å². The van der Waals surface area contributed by atoms with E-state index in [2.05, 4.69) is 4.98 Å². The number of benzene rings is 1. The van der Waals surface area contributed by atoms with Crippen molar-refractivity contribution >= 4 is 21.8 Å². The molecule has 0 fully saturated rings. The molecule has 2 amide bonds. The summed E-state index contributed by atoms with van der Waals surface area (Å²) in [5.41, 5.74) is 1.10. The lowest BCUT2D eigenvalue weighted by Crippen LogP contribution is -2.42. The Hall–Kier alpha value is -2.94. The number of carboxylic acid groups (broad SMARTS) is 1. The number of carbonyl (C=O) groups excluding carboxylic acids is 1. The molecule has 3 rings (SSSR count). The fraction of sp³-hybridized carbons (Fsp3) is 0.235. The van der Waals surface area contributed by atoms with E-state index >= 15 is 0 Å². The number of amides is 2. The second-order valence-electron chi connectivity index (χ2n) is 5.82. The van der Waals surface area contributed by atoms with Crippen LogP contribution >= 0.6 is 0 Å². The summed E-state index contributed by atoms with van der Waals surface area (Å²) in [5.74, 6) is -0.292. The molecule has 2 aromatic rings. The van der Waals surface area contributed by atoms with Crippen LogP contribution in [0, 0.1) is 0 Å². The molecular weight excluding hydrogens is 360 g/mol. The number of ether oxygens (including phenoxy) is 1. The summed E-state index contributed by atoms with van der Waals surface area (Å²) in [4.78, 5) is 28.5. The molecule has 0 unspecified atom stereocenters. The van der Waals surface area contributed by atoms with E-state index in [1.807, 2.05) is 0 Å². The number of hydrogen-bond donors (Lipinski definition) is 1. The fourth-order valence-electron chi connectivity index (χ4n) is 2.84. The predicted molar refractivity (Wildman–Crippen MR) is 92.1 cm³/mol. The second-order valence-corrected chi connectivity index (χ2v) is 7.80. The zero-order valence-corrected chi connectivity index (χ0v) is 14.9. The largest absolute Gasteiger partial charge is 0.497 e. The molecule has 0 saturated carbocycles. The van der Waals surface area contributed by atoms with Crippen LogP contribution in [0.15, 0.2) is 35.2 Å². The molecule has 1 N–H and O–H groups in total. The van der Waals surface area contributed by atoms with Gasteiger partial charge in [0.1, 0.15) is 5.75 Å². The monoisotopic (exact) mass is 376 g/mol. The van der Waals surface area contributed by atoms with Gasteiger partial charge < -0.3 is 9.84 Å². The molecule has 0 saturated heterocycles. The topological polar surface area (TPSA) is 114 Å². The third-order valence-corrected chi connectivity index (χ3v) is 5.21. The Morgan fingerprint density at radius 2 is 2.04 bits per heavy atom. The van der Waals surface area contributed by atoms with Crippen LogP contribution in [0.25, 0.3) is 11.3 Å². The Kier molecular flexibility index (Phi) is 4.41. The van der Waals surface area contributed by atoms with Gasteiger partial charge in [-0.05, 0) is 18.2 Å². The molecule has 26 heavy (non-hydrogen) atoms. The van der Waals surface area contributed by atoms with Gasteiger partial charge in [0, 0.05) is 24.8 Å². The molecule has 1 aliphatic rings. The van der Waals surface area contributed by atoms with Crippen LogP contribution in [0.3, 0.4) is 0 Å². The Balaban J connectivity index is 2.24. The Morgan fingerprint density at radius 3 is 2.65 bits per heavy atom. The van der Waals surface area contributed by atoms with E-state index in [9.17, 15) is 18.0 Å². The van der Waals surface area contributed by atoms with E-state index in [4.69, 9.17) is 9.84 Å². The van der Waals surface area contributed by atoms with Crippen LogP contribution in [0.1, 0.15) is 16.1 Å². The predicted octanol–water partition coefficient (Wildman–Crippen LogP) is 1.84. The summed E-state index contributed by atoms with van der Waals surface area (Å²) in [6.07, 6.45) is -0.296. The molecule has 8 nitrogen and oxygen atoms in total. The summed E-state index contributed by atoms with van der Waals surface area (Å²) in [5, 5.41) is 9.14. The van der Waals surface area contributed by atoms with Crippen LogP contribution in [0.4, 0.5) is 4.79 Å². The van der Waals surface area contributed by atoms with Crippen LogP contribution in [0.2, 0.25) is 0 Å². The van der Waals surface area contributed by atoms with Gasteiger partial charge in [0.25, 0.3) is 5.91 Å². The lowest BCUT2D eigenvalue weighted by Gasteiger charge is -2.25. The highest BCUT2D eigenvalue weighted by Gasteiger charge is 2.35. The highest BCUT2D eigenvalue weighted by Crippen LogP contribution is 2.31. The summed E-state index contributed by atoms with van der Waals surface area (Å²) < 4.78 is 29.7. The summed E-state index contributed by atoms with van der Waals surface area (Å²) in [6.45, 7) is -0.0705. The molecule has 0 spiro atoms. The first-order valence-corrected chi connectivity index (χ1v) is 9.54. The standard InChI is InChI=1S/C17H16N2O6S/c1-25-11-5-3-4-10(8-11)13-9-14(26(2,23)24)15-12(18-13)6-7-19(16(15)20)17(21)22/h3-5,8-9H,6-7H2,1-2H3,(H,21,22). The second kappa shape index (κ2) is 6.41. The van der Waals surface area contributed by atoms with E-state index in [1.54, 1.807) is 24.3 Å². The van der Waals surface area contributed by atoms with Crippen molar-refractivity contribution in [1.82, 2.24) is 9.88 Å². The van der Waals surface area contributed by atoms with Crippen molar-refractivity contribution in [2.75, 3.05) is 19.9 Å². The number of fused-ring (bicyclic) bond motifs is 1. The highest BCUT2D eigenvalue weighted by molar-refractivity contribution is 7.90. The molecule has 9 heteroatoms. The molecule has 1 aromatic heterocycles. The number of sulfone groups is 1. The van der Waals surface area contributed by atoms with Crippen LogP contribution < -0.4 is 4.74 Å². The average Bonchev–Trinajstić information content (AvgIpc) is 2.60. The van der Waals surface area contributed by atoms with Gasteiger partial charge in [-0.3, -0.25) is 9.78 Å². The number of pyridine rings is 1. The Labute approximate surface area is 150 Å². The maximum Gasteiger partial charge on any atom is 0.414 e. The van der Waals surface area contributed by atoms with E-state index in [1.165, 1.54) is 13.2 Å². The van der Waals surface area contributed by atoms with Crippen LogP contribution in [0.5, 0.6) is 5.75 Å². The molecule has 0 bridgehead atoms. The molecule has 0 radical (unpaired) electrons. The van der Waals surface area contributed by atoms with E-state index in [0.29, 0.717) is 21.9 Å². The Morgan fingerprint density at radius 1 is 1.31 bits per heavy atom. The lowest BCUT2D eigenvalue weighted by molar-refractivity contribution is 0.0721. The van der Waals surface area contributed by atoms with Gasteiger partial charge in [0.05, 0.1) is 29.0 Å². The van der Waals surface area contributed by atoms with Crippen molar-refractivity contribution in [3.05, 3.63) is 41.6 Å². The van der Waals surface area contributed by atoms with Crippen molar-refractivity contribution in [2.45, 2.75) is 11.3 Å². The van der Waals surface area contributed by atoms with E-state index < -0.39 is 21.8 Å². The van der Waals surface area contributed by atoms with Gasteiger partial charge >= 0.3 is 6.09 Å². The third-order valence-electron chi connectivity index (χ3n) is 4.09. The minimum Gasteiger partial charge on any atom is -0.497 e. The molecule has 0 aliphatic carbocycles. The van der Waals surface area contributed by atoms with Crippen LogP contribution in [-0.4, -0.2) is 55.3 Å². The first-order chi connectivity index (χ1) is 12.2. The van der Waals surface area contributed by atoms with Gasteiger partial charge in [-0.25, -0.2) is 18.1 Å². The zero-order chi connectivity index (χ0) is 19.1. The maximum absolute atomic E-state index is 12.5.